The molecular weight excluding hydrogens is 244 g/mol. The number of ether oxygens (including phenoxy) is 5. The van der Waals surface area contributed by atoms with E-state index in [4.69, 9.17) is 14.2 Å². The van der Waals surface area contributed by atoms with E-state index in [0.29, 0.717) is 13.2 Å². The van der Waals surface area contributed by atoms with Crippen LogP contribution in [-0.2, 0) is 33.3 Å². The van der Waals surface area contributed by atoms with Crippen LogP contribution in [0.15, 0.2) is 11.8 Å². The van der Waals surface area contributed by atoms with E-state index >= 15 is 0 Å². The molecule has 7 heteroatoms. The second-order valence-electron chi connectivity index (χ2n) is 2.98. The maximum atomic E-state index is 11.2. The first-order valence-electron chi connectivity index (χ1n) is 5.23. The molecule has 0 aromatic rings. The third-order valence-electron chi connectivity index (χ3n) is 1.75. The molecule has 0 rings (SSSR count). The van der Waals surface area contributed by atoms with Gasteiger partial charge in [0.1, 0.15) is 6.61 Å². The number of esters is 2. The SMILES string of the molecule is COCCOCCOC(=CC(=O)OC)C(=O)OC. The highest BCUT2D eigenvalue weighted by atomic mass is 16.6. The van der Waals surface area contributed by atoms with E-state index in [-0.39, 0.29) is 19.0 Å². The molecular formula is C11H18O7. The Morgan fingerprint density at radius 3 is 2.17 bits per heavy atom. The number of carbonyl (C=O) groups is 2. The maximum absolute atomic E-state index is 11.2. The summed E-state index contributed by atoms with van der Waals surface area (Å²) >= 11 is 0. The Hall–Kier alpha value is -1.60. The van der Waals surface area contributed by atoms with Crippen molar-refractivity contribution in [2.45, 2.75) is 0 Å². The van der Waals surface area contributed by atoms with Gasteiger partial charge >= 0.3 is 11.9 Å². The van der Waals surface area contributed by atoms with Gasteiger partial charge in [-0.1, -0.05) is 0 Å². The van der Waals surface area contributed by atoms with Gasteiger partial charge in [0, 0.05) is 7.11 Å². The van der Waals surface area contributed by atoms with Gasteiger partial charge in [0.2, 0.25) is 5.76 Å². The van der Waals surface area contributed by atoms with Crippen LogP contribution >= 0.6 is 0 Å². The van der Waals surface area contributed by atoms with E-state index in [1.807, 2.05) is 0 Å². The normalized spacial score (nSPS) is 10.9. The minimum absolute atomic E-state index is 0.113. The number of methoxy groups -OCH3 is 3. The summed E-state index contributed by atoms with van der Waals surface area (Å²) in [4.78, 5) is 22.2. The average Bonchev–Trinajstić information content (AvgIpc) is 2.40. The summed E-state index contributed by atoms with van der Waals surface area (Å²) in [5, 5.41) is 0. The molecule has 18 heavy (non-hydrogen) atoms. The lowest BCUT2D eigenvalue weighted by Gasteiger charge is -2.08. The van der Waals surface area contributed by atoms with E-state index in [1.54, 1.807) is 7.11 Å². The van der Waals surface area contributed by atoms with Crippen molar-refractivity contribution >= 4 is 11.9 Å². The molecule has 0 aliphatic heterocycles. The van der Waals surface area contributed by atoms with Crippen molar-refractivity contribution in [2.75, 3.05) is 47.8 Å². The van der Waals surface area contributed by atoms with E-state index in [2.05, 4.69) is 9.47 Å². The zero-order chi connectivity index (χ0) is 13.8. The van der Waals surface area contributed by atoms with Crippen molar-refractivity contribution in [3.8, 4) is 0 Å². The van der Waals surface area contributed by atoms with Crippen molar-refractivity contribution in [1.29, 1.82) is 0 Å². The van der Waals surface area contributed by atoms with Crippen LogP contribution in [0.25, 0.3) is 0 Å². The molecule has 0 atom stereocenters. The first kappa shape index (κ1) is 16.4. The van der Waals surface area contributed by atoms with Gasteiger partial charge in [-0.15, -0.1) is 0 Å². The fraction of sp³-hybridized carbons (Fsp3) is 0.636. The molecule has 0 heterocycles. The van der Waals surface area contributed by atoms with Gasteiger partial charge in [0.25, 0.3) is 0 Å². The summed E-state index contributed by atoms with van der Waals surface area (Å²) in [6.45, 7) is 1.27. The Bertz CT molecular complexity index is 285. The van der Waals surface area contributed by atoms with Gasteiger partial charge in [-0.3, -0.25) is 0 Å². The van der Waals surface area contributed by atoms with E-state index in [9.17, 15) is 9.59 Å². The average molecular weight is 262 g/mol. The van der Waals surface area contributed by atoms with E-state index < -0.39 is 11.9 Å². The Balaban J connectivity index is 4.07. The molecule has 0 saturated carbocycles. The molecule has 0 aliphatic rings. The molecule has 0 spiro atoms. The van der Waals surface area contributed by atoms with Gasteiger partial charge in [-0.2, -0.15) is 0 Å². The topological polar surface area (TPSA) is 80.3 Å². The van der Waals surface area contributed by atoms with Crippen molar-refractivity contribution in [3.63, 3.8) is 0 Å². The predicted molar refractivity (Wildman–Crippen MR) is 60.8 cm³/mol. The summed E-state index contributed by atoms with van der Waals surface area (Å²) in [5.74, 6) is -1.67. The summed E-state index contributed by atoms with van der Waals surface area (Å²) in [7, 11) is 3.95. The maximum Gasteiger partial charge on any atom is 0.373 e. The van der Waals surface area contributed by atoms with Crippen LogP contribution in [0.2, 0.25) is 0 Å². The van der Waals surface area contributed by atoms with Crippen LogP contribution in [0.3, 0.4) is 0 Å². The molecule has 0 unspecified atom stereocenters. The minimum Gasteiger partial charge on any atom is -0.484 e. The van der Waals surface area contributed by atoms with Crippen LogP contribution in [-0.4, -0.2) is 59.7 Å². The molecule has 0 aromatic heterocycles. The fourth-order valence-corrected chi connectivity index (χ4v) is 0.881. The smallest absolute Gasteiger partial charge is 0.373 e. The Kier molecular flexibility index (Phi) is 9.61. The van der Waals surface area contributed by atoms with Gasteiger partial charge in [0.05, 0.1) is 40.1 Å². The standard InChI is InChI=1S/C11H18O7/c1-14-4-5-17-6-7-18-9(11(13)16-3)8-10(12)15-2/h8H,4-7H2,1-3H3. The van der Waals surface area contributed by atoms with Crippen LogP contribution in [0.1, 0.15) is 0 Å². The highest BCUT2D eigenvalue weighted by molar-refractivity contribution is 5.94. The third-order valence-corrected chi connectivity index (χ3v) is 1.75. The Morgan fingerprint density at radius 1 is 0.944 bits per heavy atom. The molecule has 0 N–H and O–H groups in total. The lowest BCUT2D eigenvalue weighted by Crippen LogP contribution is -2.14. The number of rotatable bonds is 9. The third kappa shape index (κ3) is 7.64. The summed E-state index contributed by atoms with van der Waals surface area (Å²) in [6.07, 6.45) is 0.918. The number of carbonyl (C=O) groups excluding carboxylic acids is 2. The summed E-state index contributed by atoms with van der Waals surface area (Å²) in [5.41, 5.74) is 0. The highest BCUT2D eigenvalue weighted by Crippen LogP contribution is 2.01. The minimum atomic E-state index is -0.753. The van der Waals surface area contributed by atoms with Crippen LogP contribution in [0.4, 0.5) is 0 Å². The van der Waals surface area contributed by atoms with Gasteiger partial charge in [0.15, 0.2) is 0 Å². The van der Waals surface area contributed by atoms with Crippen LogP contribution in [0.5, 0.6) is 0 Å². The predicted octanol–water partition coefficient (Wildman–Crippen LogP) is -0.104. The Labute approximate surface area is 106 Å². The second-order valence-corrected chi connectivity index (χ2v) is 2.98. The zero-order valence-corrected chi connectivity index (χ0v) is 10.8. The first-order chi connectivity index (χ1) is 8.65. The van der Waals surface area contributed by atoms with Gasteiger partial charge < -0.3 is 23.7 Å². The quantitative estimate of drug-likeness (QED) is 0.248. The monoisotopic (exact) mass is 262 g/mol. The molecule has 0 aliphatic carbocycles. The molecule has 0 saturated heterocycles. The Morgan fingerprint density at radius 2 is 1.61 bits per heavy atom. The van der Waals surface area contributed by atoms with Crippen molar-refractivity contribution in [2.24, 2.45) is 0 Å². The first-order valence-corrected chi connectivity index (χ1v) is 5.23. The molecule has 0 aromatic carbocycles. The van der Waals surface area contributed by atoms with Gasteiger partial charge in [-0.25, -0.2) is 9.59 Å². The molecule has 0 bridgehead atoms. The molecule has 7 nitrogen and oxygen atoms in total. The van der Waals surface area contributed by atoms with E-state index in [0.717, 1.165) is 6.08 Å². The molecule has 0 fully saturated rings. The van der Waals surface area contributed by atoms with Crippen molar-refractivity contribution < 1.29 is 33.3 Å². The molecule has 0 radical (unpaired) electrons. The highest BCUT2D eigenvalue weighted by Gasteiger charge is 2.13. The lowest BCUT2D eigenvalue weighted by molar-refractivity contribution is -0.142. The lowest BCUT2D eigenvalue weighted by atomic mass is 10.4. The molecule has 104 valence electrons. The summed E-state index contributed by atoms with van der Waals surface area (Å²) in [6, 6.07) is 0. The fourth-order valence-electron chi connectivity index (χ4n) is 0.881. The second kappa shape index (κ2) is 10.5. The van der Waals surface area contributed by atoms with Crippen LogP contribution in [0, 0.1) is 0 Å². The molecule has 0 amide bonds. The summed E-state index contributed by atoms with van der Waals surface area (Å²) < 4.78 is 23.8. The van der Waals surface area contributed by atoms with Crippen molar-refractivity contribution in [1.82, 2.24) is 0 Å². The van der Waals surface area contributed by atoms with Crippen LogP contribution < -0.4 is 0 Å². The van der Waals surface area contributed by atoms with Crippen molar-refractivity contribution in [3.05, 3.63) is 11.8 Å². The zero-order valence-electron chi connectivity index (χ0n) is 10.8. The number of hydrogen-bond acceptors (Lipinski definition) is 7. The largest absolute Gasteiger partial charge is 0.484 e. The number of hydrogen-bond donors (Lipinski definition) is 0. The van der Waals surface area contributed by atoms with Gasteiger partial charge in [-0.05, 0) is 0 Å². The van der Waals surface area contributed by atoms with E-state index in [1.165, 1.54) is 14.2 Å².